The molecule has 0 rings (SSSR count). The summed E-state index contributed by atoms with van der Waals surface area (Å²) in [5.74, 6) is -0.206. The molecule has 0 fully saturated rings. The first-order valence-corrected chi connectivity index (χ1v) is 7.10. The molecule has 0 aliphatic carbocycles. The highest BCUT2D eigenvalue weighted by Crippen LogP contribution is 2.03. The van der Waals surface area contributed by atoms with E-state index < -0.39 is 0 Å². The SMILES string of the molecule is C=CNC(C)/C=C\CC(=C)NCC(/C=C/C)=C/C=C(\C)F. The zero-order valence-electron chi connectivity index (χ0n) is 13.3. The minimum atomic E-state index is -0.206. The van der Waals surface area contributed by atoms with E-state index in [2.05, 4.69) is 35.9 Å². The molecule has 0 aliphatic rings. The summed E-state index contributed by atoms with van der Waals surface area (Å²) in [6.07, 6.45) is 13.7. The van der Waals surface area contributed by atoms with Crippen LogP contribution in [0.2, 0.25) is 0 Å². The lowest BCUT2D eigenvalue weighted by Gasteiger charge is -2.09. The fourth-order valence-corrected chi connectivity index (χ4v) is 1.56. The Bertz CT molecular complexity index is 438. The highest BCUT2D eigenvalue weighted by atomic mass is 19.1. The van der Waals surface area contributed by atoms with Crippen molar-refractivity contribution >= 4 is 0 Å². The van der Waals surface area contributed by atoms with E-state index in [-0.39, 0.29) is 11.9 Å². The van der Waals surface area contributed by atoms with E-state index >= 15 is 0 Å². The highest BCUT2D eigenvalue weighted by molar-refractivity contribution is 5.26. The van der Waals surface area contributed by atoms with Crippen LogP contribution in [0.5, 0.6) is 0 Å². The van der Waals surface area contributed by atoms with Crippen molar-refractivity contribution in [3.8, 4) is 0 Å². The first-order valence-electron chi connectivity index (χ1n) is 7.10. The smallest absolute Gasteiger partial charge is 0.0968 e. The molecule has 0 aromatic heterocycles. The third-order valence-electron chi connectivity index (χ3n) is 2.62. The number of allylic oxidation sites excluding steroid dienone is 5. The molecule has 21 heavy (non-hydrogen) atoms. The molecule has 1 atom stereocenters. The lowest BCUT2D eigenvalue weighted by molar-refractivity contribution is 0.640. The minimum Gasteiger partial charge on any atom is -0.385 e. The lowest BCUT2D eigenvalue weighted by Crippen LogP contribution is -2.17. The molecule has 0 spiro atoms. The standard InChI is InChI=1S/C18H27FN2/c1-6-9-18(13-12-15(3)19)14-21-17(5)11-8-10-16(4)20-7-2/h6-10,12-13,16,20-21H,2,5,11,14H2,1,3-4H3/b9-6+,10-8-,15-12+,18-13+. The van der Waals surface area contributed by atoms with Crippen molar-refractivity contribution in [3.63, 3.8) is 0 Å². The fraction of sp³-hybridized carbons (Fsp3) is 0.333. The van der Waals surface area contributed by atoms with Gasteiger partial charge in [0.2, 0.25) is 0 Å². The largest absolute Gasteiger partial charge is 0.385 e. The topological polar surface area (TPSA) is 24.1 Å². The highest BCUT2D eigenvalue weighted by Gasteiger charge is 1.95. The van der Waals surface area contributed by atoms with Gasteiger partial charge in [-0.2, -0.15) is 0 Å². The van der Waals surface area contributed by atoms with Gasteiger partial charge in [-0.25, -0.2) is 4.39 Å². The summed E-state index contributed by atoms with van der Waals surface area (Å²) in [6.45, 7) is 13.6. The van der Waals surface area contributed by atoms with E-state index in [9.17, 15) is 4.39 Å². The molecule has 0 bridgehead atoms. The van der Waals surface area contributed by atoms with Gasteiger partial charge in [0.25, 0.3) is 0 Å². The van der Waals surface area contributed by atoms with Gasteiger partial charge < -0.3 is 10.6 Å². The minimum absolute atomic E-state index is 0.206. The Hall–Kier alpha value is -2.03. The van der Waals surface area contributed by atoms with Crippen molar-refractivity contribution in [2.45, 2.75) is 33.2 Å². The van der Waals surface area contributed by atoms with Crippen LogP contribution >= 0.6 is 0 Å². The Morgan fingerprint density at radius 2 is 2.05 bits per heavy atom. The van der Waals surface area contributed by atoms with Crippen molar-refractivity contribution < 1.29 is 4.39 Å². The van der Waals surface area contributed by atoms with Gasteiger partial charge in [-0.1, -0.05) is 43.5 Å². The average molecular weight is 290 g/mol. The molecule has 0 aliphatic heterocycles. The second-order valence-electron chi connectivity index (χ2n) is 4.74. The van der Waals surface area contributed by atoms with Crippen LogP contribution < -0.4 is 10.6 Å². The molecule has 2 N–H and O–H groups in total. The molecule has 1 unspecified atom stereocenters. The molecule has 116 valence electrons. The number of hydrogen-bond donors (Lipinski definition) is 2. The number of rotatable bonds is 10. The van der Waals surface area contributed by atoms with Gasteiger partial charge in [-0.15, -0.1) is 0 Å². The number of hydrogen-bond acceptors (Lipinski definition) is 2. The second kappa shape index (κ2) is 11.8. The van der Waals surface area contributed by atoms with E-state index in [0.717, 1.165) is 17.7 Å². The van der Waals surface area contributed by atoms with Crippen molar-refractivity contribution in [2.75, 3.05) is 6.54 Å². The summed E-state index contributed by atoms with van der Waals surface area (Å²) in [7, 11) is 0. The van der Waals surface area contributed by atoms with Crippen LogP contribution in [-0.2, 0) is 0 Å². The summed E-state index contributed by atoms with van der Waals surface area (Å²) in [4.78, 5) is 0. The Morgan fingerprint density at radius 1 is 1.33 bits per heavy atom. The summed E-state index contributed by atoms with van der Waals surface area (Å²) in [5.41, 5.74) is 1.93. The predicted molar refractivity (Wildman–Crippen MR) is 91.5 cm³/mol. The maximum atomic E-state index is 12.7. The van der Waals surface area contributed by atoms with Gasteiger partial charge in [0.1, 0.15) is 0 Å². The molecule has 3 heteroatoms. The lowest BCUT2D eigenvalue weighted by atomic mass is 10.2. The Morgan fingerprint density at radius 3 is 2.62 bits per heavy atom. The van der Waals surface area contributed by atoms with E-state index in [1.54, 1.807) is 12.3 Å². The van der Waals surface area contributed by atoms with Crippen LogP contribution in [0.4, 0.5) is 4.39 Å². The fourth-order valence-electron chi connectivity index (χ4n) is 1.56. The average Bonchev–Trinajstić information content (AvgIpc) is 2.42. The second-order valence-corrected chi connectivity index (χ2v) is 4.74. The molecule has 0 aromatic carbocycles. The molecule has 0 radical (unpaired) electrons. The van der Waals surface area contributed by atoms with Crippen LogP contribution in [0.3, 0.4) is 0 Å². The first-order chi connectivity index (χ1) is 9.99. The van der Waals surface area contributed by atoms with E-state index in [1.807, 2.05) is 26.0 Å². The Balaban J connectivity index is 4.29. The van der Waals surface area contributed by atoms with Gasteiger partial charge >= 0.3 is 0 Å². The maximum Gasteiger partial charge on any atom is 0.0968 e. The Labute approximate surface area is 128 Å². The number of nitrogens with one attached hydrogen (secondary N) is 2. The van der Waals surface area contributed by atoms with Crippen LogP contribution in [0.25, 0.3) is 0 Å². The van der Waals surface area contributed by atoms with Gasteiger partial charge in [0.15, 0.2) is 0 Å². The molecular weight excluding hydrogens is 263 g/mol. The van der Waals surface area contributed by atoms with Crippen molar-refractivity contribution in [3.05, 3.63) is 72.9 Å². The van der Waals surface area contributed by atoms with Crippen molar-refractivity contribution in [1.82, 2.24) is 10.6 Å². The van der Waals surface area contributed by atoms with Crippen LogP contribution in [0.1, 0.15) is 27.2 Å². The van der Waals surface area contributed by atoms with Gasteiger partial charge in [0.05, 0.1) is 5.83 Å². The van der Waals surface area contributed by atoms with Crippen molar-refractivity contribution in [2.24, 2.45) is 0 Å². The third-order valence-corrected chi connectivity index (χ3v) is 2.62. The summed E-state index contributed by atoms with van der Waals surface area (Å²) in [5, 5.41) is 6.32. The first kappa shape index (κ1) is 19.0. The molecule has 0 amide bonds. The van der Waals surface area contributed by atoms with E-state index in [4.69, 9.17) is 0 Å². The van der Waals surface area contributed by atoms with Gasteiger partial charge in [0, 0.05) is 24.7 Å². The van der Waals surface area contributed by atoms with Crippen LogP contribution in [-0.4, -0.2) is 12.6 Å². The molecule has 0 saturated carbocycles. The molecular formula is C18H27FN2. The summed E-state index contributed by atoms with van der Waals surface area (Å²) in [6, 6.07) is 0.256. The molecule has 0 aromatic rings. The molecule has 0 saturated heterocycles. The maximum absolute atomic E-state index is 12.7. The molecule has 2 nitrogen and oxygen atoms in total. The zero-order valence-corrected chi connectivity index (χ0v) is 13.3. The van der Waals surface area contributed by atoms with Crippen molar-refractivity contribution in [1.29, 1.82) is 0 Å². The van der Waals surface area contributed by atoms with Crippen LogP contribution in [0, 0.1) is 0 Å². The monoisotopic (exact) mass is 290 g/mol. The van der Waals surface area contributed by atoms with E-state index in [0.29, 0.717) is 6.54 Å². The summed E-state index contributed by atoms with van der Waals surface area (Å²) < 4.78 is 12.7. The number of halogens is 1. The van der Waals surface area contributed by atoms with Gasteiger partial charge in [-0.05, 0) is 38.6 Å². The third kappa shape index (κ3) is 11.5. The van der Waals surface area contributed by atoms with Crippen LogP contribution in [0.15, 0.2) is 72.9 Å². The van der Waals surface area contributed by atoms with E-state index in [1.165, 1.54) is 13.0 Å². The predicted octanol–water partition coefficient (Wildman–Crippen LogP) is 4.53. The Kier molecular flexibility index (Phi) is 10.6. The quantitative estimate of drug-likeness (QED) is 0.456. The van der Waals surface area contributed by atoms with Gasteiger partial charge in [-0.3, -0.25) is 0 Å². The summed E-state index contributed by atoms with van der Waals surface area (Å²) >= 11 is 0. The molecule has 0 heterocycles. The zero-order chi connectivity index (χ0) is 16.1. The normalized spacial score (nSPS) is 14.5.